The van der Waals surface area contributed by atoms with E-state index in [-0.39, 0.29) is 5.91 Å². The molecule has 180 valence electrons. The molecule has 1 N–H and O–H groups in total. The fourth-order valence-corrected chi connectivity index (χ4v) is 4.63. The van der Waals surface area contributed by atoms with Crippen molar-refractivity contribution in [1.82, 2.24) is 10.2 Å². The molecule has 1 atom stereocenters. The van der Waals surface area contributed by atoms with Crippen molar-refractivity contribution < 1.29 is 14.3 Å². The quantitative estimate of drug-likeness (QED) is 0.456. The molecule has 2 aliphatic rings. The van der Waals surface area contributed by atoms with Gasteiger partial charge in [0.15, 0.2) is 6.10 Å². The number of fused-ring (bicyclic) bond motifs is 1. The number of hydrogen-bond acceptors (Lipinski definition) is 4. The zero-order valence-electron chi connectivity index (χ0n) is 20.0. The molecule has 5 rings (SSSR count). The summed E-state index contributed by atoms with van der Waals surface area (Å²) in [4.78, 5) is 14.8. The van der Waals surface area contributed by atoms with Gasteiger partial charge in [-0.1, -0.05) is 66.7 Å². The molecule has 0 aromatic heterocycles. The third-order valence-corrected chi connectivity index (χ3v) is 6.60. The highest BCUT2D eigenvalue weighted by atomic mass is 16.5. The van der Waals surface area contributed by atoms with Gasteiger partial charge in [-0.2, -0.15) is 0 Å². The molecule has 3 aromatic rings. The lowest BCUT2D eigenvalue weighted by atomic mass is 9.99. The second-order valence-corrected chi connectivity index (χ2v) is 9.14. The minimum Gasteiger partial charge on any atom is -0.494 e. The van der Waals surface area contributed by atoms with Gasteiger partial charge in [0, 0.05) is 32.6 Å². The predicted octanol–water partition coefficient (Wildman–Crippen LogP) is 4.86. The van der Waals surface area contributed by atoms with Crippen molar-refractivity contribution in [1.29, 1.82) is 0 Å². The molecule has 5 heteroatoms. The molecule has 0 saturated heterocycles. The molecular formula is C30H32N2O3. The van der Waals surface area contributed by atoms with Crippen molar-refractivity contribution in [2.24, 2.45) is 0 Å². The van der Waals surface area contributed by atoms with Gasteiger partial charge in [0.05, 0.1) is 6.61 Å². The minimum atomic E-state index is -0.429. The van der Waals surface area contributed by atoms with E-state index in [2.05, 4.69) is 58.8 Å². The third kappa shape index (κ3) is 6.11. The van der Waals surface area contributed by atoms with Crippen LogP contribution in [0.15, 0.2) is 84.9 Å². The van der Waals surface area contributed by atoms with Gasteiger partial charge in [-0.3, -0.25) is 9.69 Å². The Balaban J connectivity index is 0.990. The normalized spacial score (nSPS) is 17.3. The fraction of sp³-hybridized carbons (Fsp3) is 0.300. The van der Waals surface area contributed by atoms with Crippen LogP contribution in [0.2, 0.25) is 0 Å². The summed E-state index contributed by atoms with van der Waals surface area (Å²) in [6.45, 7) is 4.12. The topological polar surface area (TPSA) is 50.8 Å². The Labute approximate surface area is 207 Å². The second kappa shape index (κ2) is 11.2. The molecule has 3 aromatic carbocycles. The summed E-state index contributed by atoms with van der Waals surface area (Å²) in [6, 6.07) is 26.8. The molecule has 2 aliphatic heterocycles. The number of hydrogen-bond donors (Lipinski definition) is 1. The number of ether oxygens (including phenoxy) is 2. The van der Waals surface area contributed by atoms with Crippen LogP contribution in [0.3, 0.4) is 0 Å². The summed E-state index contributed by atoms with van der Waals surface area (Å²) in [7, 11) is 0. The van der Waals surface area contributed by atoms with Gasteiger partial charge in [-0.15, -0.1) is 0 Å². The molecule has 0 radical (unpaired) electrons. The summed E-state index contributed by atoms with van der Waals surface area (Å²) in [5.41, 5.74) is 5.17. The molecule has 0 bridgehead atoms. The first-order chi connectivity index (χ1) is 17.2. The number of rotatable bonds is 9. The van der Waals surface area contributed by atoms with E-state index >= 15 is 0 Å². The van der Waals surface area contributed by atoms with Crippen LogP contribution in [-0.4, -0.2) is 43.2 Å². The molecular weight excluding hydrogens is 436 g/mol. The van der Waals surface area contributed by atoms with Gasteiger partial charge in [0.2, 0.25) is 0 Å². The van der Waals surface area contributed by atoms with Crippen LogP contribution in [0.5, 0.6) is 11.5 Å². The predicted molar refractivity (Wildman–Crippen MR) is 138 cm³/mol. The largest absolute Gasteiger partial charge is 0.494 e. The highest BCUT2D eigenvalue weighted by Gasteiger charge is 2.28. The fourth-order valence-electron chi connectivity index (χ4n) is 4.63. The van der Waals surface area contributed by atoms with Crippen molar-refractivity contribution in [2.75, 3.05) is 26.2 Å². The monoisotopic (exact) mass is 468 g/mol. The van der Waals surface area contributed by atoms with Crippen LogP contribution in [0.4, 0.5) is 0 Å². The SMILES string of the molecule is O=C(NCCCOc1ccc(CN2CC=C(c3ccccc3)CC2)cc1)C1Cc2ccccc2O1. The molecule has 1 amide bonds. The summed E-state index contributed by atoms with van der Waals surface area (Å²) in [5.74, 6) is 1.61. The van der Waals surface area contributed by atoms with E-state index in [0.29, 0.717) is 19.6 Å². The van der Waals surface area contributed by atoms with Crippen molar-refractivity contribution in [2.45, 2.75) is 31.9 Å². The number of benzene rings is 3. The number of carbonyl (C=O) groups excluding carboxylic acids is 1. The lowest BCUT2D eigenvalue weighted by molar-refractivity contribution is -0.127. The number of nitrogens with one attached hydrogen (secondary N) is 1. The second-order valence-electron chi connectivity index (χ2n) is 9.14. The van der Waals surface area contributed by atoms with Crippen LogP contribution in [0.25, 0.3) is 5.57 Å². The highest BCUT2D eigenvalue weighted by molar-refractivity contribution is 5.82. The zero-order valence-corrected chi connectivity index (χ0v) is 20.0. The van der Waals surface area contributed by atoms with Gasteiger partial charge < -0.3 is 14.8 Å². The lowest BCUT2D eigenvalue weighted by Gasteiger charge is -2.26. The summed E-state index contributed by atoms with van der Waals surface area (Å²) < 4.78 is 11.6. The van der Waals surface area contributed by atoms with Crippen molar-refractivity contribution in [3.05, 3.63) is 102 Å². The van der Waals surface area contributed by atoms with Crippen LogP contribution < -0.4 is 14.8 Å². The van der Waals surface area contributed by atoms with Crippen molar-refractivity contribution in [3.8, 4) is 11.5 Å². The van der Waals surface area contributed by atoms with E-state index in [4.69, 9.17) is 9.47 Å². The van der Waals surface area contributed by atoms with E-state index in [1.165, 1.54) is 16.7 Å². The standard InChI is InChI=1S/C30H32N2O3/c33-30(29-21-26-9-4-5-10-28(26)35-29)31-17-6-20-34-27-13-11-23(12-14-27)22-32-18-15-25(16-19-32)24-7-2-1-3-8-24/h1-5,7-15,29H,6,16-22H2,(H,31,33). The lowest BCUT2D eigenvalue weighted by Crippen LogP contribution is -2.38. The number of nitrogens with zero attached hydrogens (tertiary/aromatic N) is 1. The van der Waals surface area contributed by atoms with E-state index in [9.17, 15) is 4.79 Å². The molecule has 0 fully saturated rings. The number of carbonyl (C=O) groups is 1. The molecule has 0 spiro atoms. The van der Waals surface area contributed by atoms with Crippen molar-refractivity contribution >= 4 is 11.5 Å². The first kappa shape index (κ1) is 23.2. The van der Waals surface area contributed by atoms with Gasteiger partial charge in [-0.25, -0.2) is 0 Å². The van der Waals surface area contributed by atoms with Crippen LogP contribution in [-0.2, 0) is 17.8 Å². The van der Waals surface area contributed by atoms with Gasteiger partial charge in [-0.05, 0) is 53.3 Å². The Morgan fingerprint density at radius 2 is 1.80 bits per heavy atom. The maximum atomic E-state index is 12.4. The maximum Gasteiger partial charge on any atom is 0.261 e. The van der Waals surface area contributed by atoms with E-state index in [0.717, 1.165) is 49.5 Å². The first-order valence-electron chi connectivity index (χ1n) is 12.5. The Kier molecular flexibility index (Phi) is 7.44. The summed E-state index contributed by atoms with van der Waals surface area (Å²) in [6.07, 6.45) is 4.39. The molecule has 0 saturated carbocycles. The Morgan fingerprint density at radius 3 is 2.57 bits per heavy atom. The molecule has 1 unspecified atom stereocenters. The first-order valence-corrected chi connectivity index (χ1v) is 12.5. The van der Waals surface area contributed by atoms with Crippen molar-refractivity contribution in [3.63, 3.8) is 0 Å². The Hall–Kier alpha value is -3.57. The van der Waals surface area contributed by atoms with E-state index in [1.54, 1.807) is 0 Å². The molecule has 5 nitrogen and oxygen atoms in total. The van der Waals surface area contributed by atoms with Gasteiger partial charge in [0.25, 0.3) is 5.91 Å². The third-order valence-electron chi connectivity index (χ3n) is 6.60. The minimum absolute atomic E-state index is 0.0611. The van der Waals surface area contributed by atoms with Gasteiger partial charge >= 0.3 is 0 Å². The van der Waals surface area contributed by atoms with Crippen LogP contribution in [0.1, 0.15) is 29.5 Å². The smallest absolute Gasteiger partial charge is 0.261 e. The van der Waals surface area contributed by atoms with Crippen LogP contribution >= 0.6 is 0 Å². The Morgan fingerprint density at radius 1 is 1.00 bits per heavy atom. The molecule has 2 heterocycles. The highest BCUT2D eigenvalue weighted by Crippen LogP contribution is 2.28. The van der Waals surface area contributed by atoms with E-state index in [1.807, 2.05) is 36.4 Å². The van der Waals surface area contributed by atoms with Crippen LogP contribution in [0, 0.1) is 0 Å². The zero-order chi connectivity index (χ0) is 23.9. The average Bonchev–Trinajstić information content (AvgIpc) is 3.35. The van der Waals surface area contributed by atoms with E-state index < -0.39 is 6.10 Å². The number of amides is 1. The summed E-state index contributed by atoms with van der Waals surface area (Å²) in [5, 5.41) is 2.96. The summed E-state index contributed by atoms with van der Waals surface area (Å²) >= 11 is 0. The molecule has 0 aliphatic carbocycles. The molecule has 35 heavy (non-hydrogen) atoms. The number of para-hydroxylation sites is 1. The maximum absolute atomic E-state index is 12.4. The van der Waals surface area contributed by atoms with Gasteiger partial charge in [0.1, 0.15) is 11.5 Å². The Bertz CT molecular complexity index is 1130. The average molecular weight is 469 g/mol.